The number of rotatable bonds is 0. The topological polar surface area (TPSA) is 72.2 Å². The molecule has 0 radical (unpaired) electrons. The molecule has 2 amide bonds. The van der Waals surface area contributed by atoms with Crippen LogP contribution in [0.5, 0.6) is 0 Å². The third kappa shape index (κ3) is 1.98. The number of aromatic amines is 2. The molecule has 148 valence electrons. The first-order valence-corrected chi connectivity index (χ1v) is 10.5. The second-order valence-corrected chi connectivity index (χ2v) is 8.63. The van der Waals surface area contributed by atoms with Crippen LogP contribution in [0.3, 0.4) is 0 Å². The molecule has 6 heteroatoms. The molecule has 4 aromatic rings. The van der Waals surface area contributed by atoms with Gasteiger partial charge in [-0.05, 0) is 23.3 Å². The van der Waals surface area contributed by atoms with Crippen LogP contribution in [0.1, 0.15) is 22.5 Å². The number of para-hydroxylation sites is 2. The van der Waals surface area contributed by atoms with E-state index in [0.717, 1.165) is 33.2 Å². The lowest BCUT2D eigenvalue weighted by molar-refractivity contribution is -0.164. The summed E-state index contributed by atoms with van der Waals surface area (Å²) in [5, 5.41) is 2.32. The molecule has 0 bridgehead atoms. The first-order chi connectivity index (χ1) is 14.7. The molecule has 2 N–H and O–H groups in total. The Bertz CT molecular complexity index is 1270. The van der Waals surface area contributed by atoms with Crippen molar-refractivity contribution in [3.63, 3.8) is 0 Å². The number of carbonyl (C=O) groups excluding carboxylic acids is 2. The molecule has 30 heavy (non-hydrogen) atoms. The van der Waals surface area contributed by atoms with Crippen molar-refractivity contribution in [2.75, 3.05) is 0 Å². The molecule has 6 nitrogen and oxygen atoms in total. The van der Waals surface area contributed by atoms with E-state index < -0.39 is 12.1 Å². The molecule has 0 unspecified atom stereocenters. The minimum atomic E-state index is -0.411. The van der Waals surface area contributed by atoms with E-state index in [9.17, 15) is 9.59 Å². The minimum Gasteiger partial charge on any atom is -0.357 e. The zero-order chi connectivity index (χ0) is 20.0. The first kappa shape index (κ1) is 16.3. The highest BCUT2D eigenvalue weighted by molar-refractivity contribution is 6.00. The van der Waals surface area contributed by atoms with Crippen LogP contribution in [0.4, 0.5) is 0 Å². The van der Waals surface area contributed by atoms with Gasteiger partial charge in [0, 0.05) is 46.0 Å². The van der Waals surface area contributed by atoms with Crippen LogP contribution in [-0.2, 0) is 35.5 Å². The van der Waals surface area contributed by atoms with Crippen LogP contribution in [0.15, 0.2) is 48.5 Å². The predicted octanol–water partition coefficient (Wildman–Crippen LogP) is 2.87. The number of benzene rings is 2. The van der Waals surface area contributed by atoms with E-state index in [-0.39, 0.29) is 11.8 Å². The van der Waals surface area contributed by atoms with Crippen molar-refractivity contribution in [1.82, 2.24) is 19.8 Å². The molecular weight excluding hydrogens is 376 g/mol. The van der Waals surface area contributed by atoms with Crippen molar-refractivity contribution in [2.45, 2.75) is 38.0 Å². The summed E-state index contributed by atoms with van der Waals surface area (Å²) in [7, 11) is 0. The zero-order valence-corrected chi connectivity index (χ0v) is 16.3. The van der Waals surface area contributed by atoms with Crippen molar-refractivity contribution >= 4 is 33.6 Å². The Morgan fingerprint density at radius 3 is 1.57 bits per heavy atom. The summed E-state index contributed by atoms with van der Waals surface area (Å²) in [6.45, 7) is 0.953. The van der Waals surface area contributed by atoms with Crippen LogP contribution in [0, 0.1) is 0 Å². The molecule has 3 aliphatic heterocycles. The molecular formula is C24H20N4O2. The van der Waals surface area contributed by atoms with E-state index in [1.807, 2.05) is 24.3 Å². The van der Waals surface area contributed by atoms with Crippen molar-refractivity contribution in [2.24, 2.45) is 0 Å². The van der Waals surface area contributed by atoms with Gasteiger partial charge in [-0.2, -0.15) is 0 Å². The monoisotopic (exact) mass is 396 g/mol. The van der Waals surface area contributed by atoms with E-state index in [0.29, 0.717) is 25.9 Å². The lowest BCUT2D eigenvalue weighted by atomic mass is 9.87. The number of aromatic nitrogens is 2. The van der Waals surface area contributed by atoms with E-state index in [4.69, 9.17) is 0 Å². The number of nitrogens with zero attached hydrogens (tertiary/aromatic N) is 2. The second kappa shape index (κ2) is 5.53. The minimum absolute atomic E-state index is 0.0693. The second-order valence-electron chi connectivity index (χ2n) is 8.63. The summed E-state index contributed by atoms with van der Waals surface area (Å²) in [4.78, 5) is 37.6. The number of H-pyrrole nitrogens is 2. The van der Waals surface area contributed by atoms with E-state index in [2.05, 4.69) is 34.2 Å². The molecule has 0 spiro atoms. The fourth-order valence-electron chi connectivity index (χ4n) is 5.70. The van der Waals surface area contributed by atoms with Gasteiger partial charge in [0.2, 0.25) is 11.8 Å². The Morgan fingerprint density at radius 1 is 0.667 bits per heavy atom. The third-order valence-corrected chi connectivity index (χ3v) is 7.14. The summed E-state index contributed by atoms with van der Waals surface area (Å²) < 4.78 is 0. The van der Waals surface area contributed by atoms with Gasteiger partial charge < -0.3 is 19.8 Å². The predicted molar refractivity (Wildman–Crippen MR) is 113 cm³/mol. The molecule has 0 aliphatic carbocycles. The van der Waals surface area contributed by atoms with Crippen LogP contribution < -0.4 is 0 Å². The van der Waals surface area contributed by atoms with Crippen LogP contribution >= 0.6 is 0 Å². The maximum absolute atomic E-state index is 13.5. The number of hydrogen-bond acceptors (Lipinski definition) is 2. The highest BCUT2D eigenvalue weighted by Gasteiger charge is 2.50. The Morgan fingerprint density at radius 2 is 1.10 bits per heavy atom. The Kier molecular flexibility index (Phi) is 3.00. The van der Waals surface area contributed by atoms with Crippen LogP contribution in [0.2, 0.25) is 0 Å². The van der Waals surface area contributed by atoms with Crippen molar-refractivity contribution < 1.29 is 9.59 Å². The number of fused-ring (bicyclic) bond motifs is 8. The number of carbonyl (C=O) groups is 2. The standard InChI is InChI=1S/C24H20N4O2/c29-23-21-9-15-13-5-1-3-7-17(13)25-19(15)11-27(21)24(30)22-10-16-14-6-2-4-8-18(14)26-20(16)12-28(22)23/h1-8,21-22,25-26H,9-12H2/t21-,22-/m0/s1. The van der Waals surface area contributed by atoms with Crippen molar-refractivity contribution in [3.05, 3.63) is 71.0 Å². The average molecular weight is 396 g/mol. The Labute approximate surface area is 172 Å². The maximum atomic E-state index is 13.5. The molecule has 5 heterocycles. The lowest BCUT2D eigenvalue weighted by Crippen LogP contribution is -2.67. The normalized spacial score (nSPS) is 22.8. The maximum Gasteiger partial charge on any atom is 0.246 e. The summed E-state index contributed by atoms with van der Waals surface area (Å²) in [5.74, 6) is 0.139. The molecule has 0 saturated carbocycles. The Hall–Kier alpha value is -3.54. The van der Waals surface area contributed by atoms with Gasteiger partial charge in [0.05, 0.1) is 13.1 Å². The van der Waals surface area contributed by atoms with Gasteiger partial charge in [-0.15, -0.1) is 0 Å². The van der Waals surface area contributed by atoms with Crippen molar-refractivity contribution in [3.8, 4) is 0 Å². The zero-order valence-electron chi connectivity index (χ0n) is 16.3. The SMILES string of the molecule is O=C1[C@@H]2Cc3c([nH]c4ccccc34)CN2C(=O)[C@@H]2Cc3c([nH]c4ccccc34)CN12. The molecule has 2 aromatic heterocycles. The molecule has 2 aromatic carbocycles. The fourth-order valence-corrected chi connectivity index (χ4v) is 5.70. The number of amides is 2. The third-order valence-electron chi connectivity index (χ3n) is 7.14. The average Bonchev–Trinajstić information content (AvgIpc) is 3.32. The Balaban J connectivity index is 1.31. The van der Waals surface area contributed by atoms with Crippen molar-refractivity contribution in [1.29, 1.82) is 0 Å². The molecule has 7 rings (SSSR count). The quantitative estimate of drug-likeness (QED) is 0.480. The van der Waals surface area contributed by atoms with Gasteiger partial charge in [-0.3, -0.25) is 9.59 Å². The van der Waals surface area contributed by atoms with Gasteiger partial charge in [0.25, 0.3) is 0 Å². The highest BCUT2D eigenvalue weighted by Crippen LogP contribution is 2.38. The summed E-state index contributed by atoms with van der Waals surface area (Å²) in [5.41, 5.74) is 6.61. The van der Waals surface area contributed by atoms with E-state index in [1.54, 1.807) is 9.80 Å². The van der Waals surface area contributed by atoms with E-state index >= 15 is 0 Å². The molecule has 2 atom stereocenters. The van der Waals surface area contributed by atoms with Gasteiger partial charge in [0.1, 0.15) is 12.1 Å². The molecule has 3 aliphatic rings. The summed E-state index contributed by atoms with van der Waals surface area (Å²) >= 11 is 0. The van der Waals surface area contributed by atoms with Gasteiger partial charge in [-0.25, -0.2) is 0 Å². The first-order valence-electron chi connectivity index (χ1n) is 10.5. The number of nitrogens with one attached hydrogen (secondary N) is 2. The molecule has 1 saturated heterocycles. The summed E-state index contributed by atoms with van der Waals surface area (Å²) in [6, 6.07) is 15.5. The highest BCUT2D eigenvalue weighted by atomic mass is 16.2. The fraction of sp³-hybridized carbons (Fsp3) is 0.250. The van der Waals surface area contributed by atoms with Crippen LogP contribution in [-0.4, -0.2) is 43.7 Å². The molecule has 1 fully saturated rings. The van der Waals surface area contributed by atoms with Gasteiger partial charge >= 0.3 is 0 Å². The smallest absolute Gasteiger partial charge is 0.246 e. The number of piperazine rings is 1. The number of hydrogen-bond donors (Lipinski definition) is 2. The van der Waals surface area contributed by atoms with Gasteiger partial charge in [0.15, 0.2) is 0 Å². The van der Waals surface area contributed by atoms with Gasteiger partial charge in [-0.1, -0.05) is 36.4 Å². The summed E-state index contributed by atoms with van der Waals surface area (Å²) in [6.07, 6.45) is 1.15. The largest absolute Gasteiger partial charge is 0.357 e. The van der Waals surface area contributed by atoms with Crippen LogP contribution in [0.25, 0.3) is 21.8 Å². The van der Waals surface area contributed by atoms with E-state index in [1.165, 1.54) is 11.1 Å². The lowest BCUT2D eigenvalue weighted by Gasteiger charge is -2.48.